The monoisotopic (exact) mass is 1510 g/mol. The standard InChI is InChI=1S/C13H15N.4C12H13N.C12H14.C11H13N.C10H12N2.C9H11N3/c1-13(2,3)12-9-8-10-6-4-5-7-11(10)14-12;1-9(2)11-7-3-5-10-6-4-8-13-12(10)11;1-9(2)10-5-6-12-11(8-10)4-3-7-13-12;1-9(2)11-7-10-5-3-4-6-12(10)13-8-11;1-9(2)12-8-13-7-10-5-3-4-6-11(10)12;1-9(2)12-7-10-5-3-4-6-11(10)8-12;1-9(2)10-7-11-5-3-4-6-12(11)8-10;1-8(2)9-7-12-6-4-3-5-10(12)11-9;1-7(2)8-6-12-5-3-4-10-9(12)11-8/h4-9H,1-3H3;4*3-9H,1-2H3;3-7,9H,8H2,1-2H3;3-9H,1-2H3;3-8H,1-2H3;3-7H,1-2H3. The molecule has 0 unspecified atom stereocenters. The molecule has 584 valence electrons. The fourth-order valence-electron chi connectivity index (χ4n) is 13.0. The number of nitrogens with zero attached hydrogens (tertiary/aromatic N) is 11. The van der Waals surface area contributed by atoms with E-state index in [9.17, 15) is 0 Å². The van der Waals surface area contributed by atoms with E-state index in [0.29, 0.717) is 47.3 Å². The summed E-state index contributed by atoms with van der Waals surface area (Å²) in [4.78, 5) is 34.9. The van der Waals surface area contributed by atoms with Gasteiger partial charge in [-0.1, -0.05) is 283 Å². The number of hydrogen-bond donors (Lipinski definition) is 0. The van der Waals surface area contributed by atoms with Gasteiger partial charge in [-0.05, 0) is 183 Å². The van der Waals surface area contributed by atoms with Crippen LogP contribution >= 0.6 is 0 Å². The molecule has 114 heavy (non-hydrogen) atoms. The lowest BCUT2D eigenvalue weighted by Gasteiger charge is -2.17. The summed E-state index contributed by atoms with van der Waals surface area (Å²) in [5.41, 5.74) is 21.4. The van der Waals surface area contributed by atoms with Crippen molar-refractivity contribution in [3.05, 3.63) is 360 Å². The van der Waals surface area contributed by atoms with Gasteiger partial charge in [0, 0.05) is 118 Å². The Hall–Kier alpha value is -11.8. The number of hydrogen-bond acceptors (Lipinski definition) is 8. The number of benzene rings is 6. The molecule has 11 aromatic heterocycles. The summed E-state index contributed by atoms with van der Waals surface area (Å²) in [7, 11) is 0. The van der Waals surface area contributed by atoms with Crippen molar-refractivity contribution >= 4 is 77.4 Å². The molecule has 0 aliphatic heterocycles. The molecular formula is C103H117N11. The zero-order valence-electron chi connectivity index (χ0n) is 70.6. The Morgan fingerprint density at radius 1 is 0.342 bits per heavy atom. The first-order valence-electron chi connectivity index (χ1n) is 40.6. The van der Waals surface area contributed by atoms with E-state index < -0.39 is 0 Å². The summed E-state index contributed by atoms with van der Waals surface area (Å²) in [6.07, 6.45) is 27.1. The van der Waals surface area contributed by atoms with Gasteiger partial charge in [0.15, 0.2) is 0 Å². The highest BCUT2D eigenvalue weighted by atomic mass is 15.1. The summed E-state index contributed by atoms with van der Waals surface area (Å²) in [5.74, 6) is 5.28. The molecule has 11 heterocycles. The molecule has 1 aliphatic carbocycles. The lowest BCUT2D eigenvalue weighted by molar-refractivity contribution is 0.571. The van der Waals surface area contributed by atoms with Crippen molar-refractivity contribution in [1.82, 2.24) is 53.1 Å². The second kappa shape index (κ2) is 40.6. The van der Waals surface area contributed by atoms with Crippen LogP contribution in [-0.4, -0.2) is 53.1 Å². The van der Waals surface area contributed by atoms with Crippen molar-refractivity contribution < 1.29 is 0 Å². The molecule has 0 amide bonds. The summed E-state index contributed by atoms with van der Waals surface area (Å²) in [5, 5.41) is 7.46. The number of allylic oxidation sites excluding steroid dienone is 1. The van der Waals surface area contributed by atoms with Gasteiger partial charge in [-0.3, -0.25) is 29.3 Å². The summed E-state index contributed by atoms with van der Waals surface area (Å²) in [6.45, 7) is 41.6. The third-order valence-electron chi connectivity index (χ3n) is 20.1. The first-order chi connectivity index (χ1) is 54.8. The van der Waals surface area contributed by atoms with Crippen molar-refractivity contribution in [1.29, 1.82) is 0 Å². The van der Waals surface area contributed by atoms with Gasteiger partial charge in [-0.2, -0.15) is 0 Å². The maximum atomic E-state index is 4.65. The first kappa shape index (κ1) is 84.6. The van der Waals surface area contributed by atoms with Gasteiger partial charge in [-0.25, -0.2) is 15.0 Å². The molecule has 0 saturated heterocycles. The predicted octanol–water partition coefficient (Wildman–Crippen LogP) is 27.6. The minimum absolute atomic E-state index is 0.129. The molecule has 0 spiro atoms. The fourth-order valence-corrected chi connectivity index (χ4v) is 13.0. The van der Waals surface area contributed by atoms with Gasteiger partial charge in [0.1, 0.15) is 5.65 Å². The van der Waals surface area contributed by atoms with Crippen molar-refractivity contribution in [3.8, 4) is 0 Å². The molecule has 0 fully saturated rings. The van der Waals surface area contributed by atoms with Crippen LogP contribution in [0.15, 0.2) is 304 Å². The SMILES string of the molecule is CC(C)(C)c1ccc2ccccc2n1.CC(C)C1=Cc2ccccc2C1.CC(C)c1cc2ccccn2c1.CC(C)c1ccc2ncccc2c1.CC(C)c1cccc2cccnc12.CC(C)c1cn2ccccc2n1.CC(C)c1cn2cccnc2n1.CC(C)c1cnc2ccccc2c1.CC(C)c1cncc2ccccc12. The van der Waals surface area contributed by atoms with Gasteiger partial charge in [-0.15, -0.1) is 0 Å². The molecule has 18 rings (SSSR count). The van der Waals surface area contributed by atoms with Crippen molar-refractivity contribution in [2.45, 2.75) is 185 Å². The summed E-state index contributed by atoms with van der Waals surface area (Å²) in [6, 6.07) is 77.4. The lowest BCUT2D eigenvalue weighted by Crippen LogP contribution is -2.13. The Labute approximate surface area is 677 Å². The number of fused-ring (bicyclic) bond motifs is 9. The maximum Gasteiger partial charge on any atom is 0.233 e. The Morgan fingerprint density at radius 2 is 0.912 bits per heavy atom. The molecule has 6 aromatic carbocycles. The molecule has 0 atom stereocenters. The largest absolute Gasteiger partial charge is 0.324 e. The van der Waals surface area contributed by atoms with Crippen LogP contribution in [0.4, 0.5) is 0 Å². The second-order valence-electron chi connectivity index (χ2n) is 32.7. The van der Waals surface area contributed by atoms with Crippen molar-refractivity contribution in [2.75, 3.05) is 0 Å². The second-order valence-corrected chi connectivity index (χ2v) is 32.7. The van der Waals surface area contributed by atoms with Crippen LogP contribution in [-0.2, 0) is 11.8 Å². The Balaban J connectivity index is 0.000000136. The molecule has 0 saturated carbocycles. The topological polar surface area (TPSA) is 116 Å². The normalized spacial score (nSPS) is 11.6. The van der Waals surface area contributed by atoms with Crippen LogP contribution in [0.5, 0.6) is 0 Å². The molecule has 11 heteroatoms. The molecule has 0 radical (unpaired) electrons. The Bertz CT molecular complexity index is 5430. The highest BCUT2D eigenvalue weighted by Crippen LogP contribution is 2.31. The van der Waals surface area contributed by atoms with E-state index in [1.807, 2.05) is 127 Å². The fraction of sp³-hybridized carbons (Fsp3) is 0.282. The lowest BCUT2D eigenvalue weighted by atomic mass is 9.91. The highest BCUT2D eigenvalue weighted by Gasteiger charge is 2.17. The van der Waals surface area contributed by atoms with Gasteiger partial charge in [0.2, 0.25) is 5.78 Å². The number of aromatic nitrogens is 11. The van der Waals surface area contributed by atoms with Crippen molar-refractivity contribution in [3.63, 3.8) is 0 Å². The first-order valence-corrected chi connectivity index (χ1v) is 40.6. The van der Waals surface area contributed by atoms with Gasteiger partial charge < -0.3 is 8.80 Å². The molecular weight excluding hydrogens is 1390 g/mol. The molecule has 11 nitrogen and oxygen atoms in total. The average molecular weight is 1510 g/mol. The van der Waals surface area contributed by atoms with E-state index in [1.165, 1.54) is 76.8 Å². The Morgan fingerprint density at radius 3 is 1.58 bits per heavy atom. The van der Waals surface area contributed by atoms with E-state index in [0.717, 1.165) is 57.0 Å². The van der Waals surface area contributed by atoms with Crippen LogP contribution in [0, 0.1) is 5.92 Å². The molecule has 1 aliphatic rings. The third-order valence-corrected chi connectivity index (χ3v) is 20.1. The number of rotatable bonds is 8. The average Bonchev–Trinajstić information content (AvgIpc) is 1.84. The predicted molar refractivity (Wildman–Crippen MR) is 485 cm³/mol. The summed E-state index contributed by atoms with van der Waals surface area (Å²) >= 11 is 0. The quantitative estimate of drug-likeness (QED) is 0.148. The third kappa shape index (κ3) is 23.6. The highest BCUT2D eigenvalue weighted by molar-refractivity contribution is 5.85. The van der Waals surface area contributed by atoms with Crippen LogP contribution < -0.4 is 0 Å². The smallest absolute Gasteiger partial charge is 0.233 e. The molecule has 0 N–H and O–H groups in total. The van der Waals surface area contributed by atoms with E-state index in [-0.39, 0.29) is 5.41 Å². The number of pyridine rings is 7. The molecule has 0 bridgehead atoms. The zero-order valence-corrected chi connectivity index (χ0v) is 70.6. The number of imidazole rings is 2. The van der Waals surface area contributed by atoms with Crippen LogP contribution in [0.2, 0.25) is 0 Å². The number of para-hydroxylation sites is 3. The van der Waals surface area contributed by atoms with Gasteiger partial charge in [0.05, 0.1) is 33.5 Å². The Kier molecular flexibility index (Phi) is 30.1. The van der Waals surface area contributed by atoms with E-state index in [2.05, 4.69) is 357 Å². The van der Waals surface area contributed by atoms with Gasteiger partial charge >= 0.3 is 0 Å². The minimum atomic E-state index is 0.129. The van der Waals surface area contributed by atoms with Gasteiger partial charge in [0.25, 0.3) is 0 Å². The summed E-state index contributed by atoms with van der Waals surface area (Å²) < 4.78 is 6.15. The minimum Gasteiger partial charge on any atom is -0.324 e. The maximum absolute atomic E-state index is 4.65. The van der Waals surface area contributed by atoms with Crippen LogP contribution in [0.1, 0.15) is 229 Å². The molecule has 17 aromatic rings. The van der Waals surface area contributed by atoms with E-state index >= 15 is 0 Å². The van der Waals surface area contributed by atoms with Crippen molar-refractivity contribution in [2.24, 2.45) is 5.92 Å². The van der Waals surface area contributed by atoms with Crippen LogP contribution in [0.25, 0.3) is 77.4 Å². The van der Waals surface area contributed by atoms with Crippen LogP contribution in [0.3, 0.4) is 0 Å². The van der Waals surface area contributed by atoms with E-state index in [4.69, 9.17) is 0 Å². The zero-order chi connectivity index (χ0) is 81.4. The van der Waals surface area contributed by atoms with E-state index in [1.54, 1.807) is 11.8 Å².